The molecule has 0 amide bonds. The molecule has 0 aliphatic carbocycles. The number of hydrogen-bond donors (Lipinski definition) is 0. The summed E-state index contributed by atoms with van der Waals surface area (Å²) < 4.78 is 5.28. The van der Waals surface area contributed by atoms with Gasteiger partial charge in [0.1, 0.15) is 5.75 Å². The molecule has 0 saturated heterocycles. The molecule has 0 radical (unpaired) electrons. The van der Waals surface area contributed by atoms with Gasteiger partial charge in [-0.3, -0.25) is 4.79 Å². The molecule has 0 heterocycles. The van der Waals surface area contributed by atoms with Crippen LogP contribution in [-0.2, 0) is 5.41 Å². The minimum absolute atomic E-state index is 0.0539. The molecule has 0 atom stereocenters. The predicted octanol–water partition coefficient (Wildman–Crippen LogP) is 4.22. The molecule has 0 spiro atoms. The molecule has 2 rings (SSSR count). The first-order valence-corrected chi connectivity index (χ1v) is 6.72. The molecule has 0 N–H and O–H groups in total. The molecule has 20 heavy (non-hydrogen) atoms. The number of methoxy groups -OCH3 is 1. The van der Waals surface area contributed by atoms with Gasteiger partial charge in [-0.1, -0.05) is 51.1 Å². The quantitative estimate of drug-likeness (QED) is 0.779. The maximum absolute atomic E-state index is 12.7. The van der Waals surface area contributed by atoms with Gasteiger partial charge in [0, 0.05) is 11.1 Å². The van der Waals surface area contributed by atoms with Crippen molar-refractivity contribution in [1.82, 2.24) is 0 Å². The van der Waals surface area contributed by atoms with Crippen molar-refractivity contribution in [3.05, 3.63) is 65.2 Å². The van der Waals surface area contributed by atoms with Crippen LogP contribution >= 0.6 is 0 Å². The molecule has 0 fully saturated rings. The van der Waals surface area contributed by atoms with Gasteiger partial charge in [-0.2, -0.15) is 0 Å². The van der Waals surface area contributed by atoms with E-state index in [9.17, 15) is 4.79 Å². The van der Waals surface area contributed by atoms with Crippen LogP contribution in [0.1, 0.15) is 42.3 Å². The number of carbonyl (C=O) groups excluding carboxylic acids is 1. The monoisotopic (exact) mass is 268 g/mol. The lowest BCUT2D eigenvalue weighted by atomic mass is 9.81. The summed E-state index contributed by atoms with van der Waals surface area (Å²) in [4.78, 5) is 12.7. The highest BCUT2D eigenvalue weighted by atomic mass is 16.5. The standard InChI is InChI=1S/C18H20O2/c1-18(2,3)16-12-14(20-4)10-11-15(16)17(19)13-8-6-5-7-9-13/h5-12H,1-4H3. The molecule has 0 aromatic heterocycles. The second-order valence-corrected chi connectivity index (χ2v) is 5.86. The molecule has 2 aromatic rings. The smallest absolute Gasteiger partial charge is 0.193 e. The molecule has 0 bridgehead atoms. The Labute approximate surface area is 120 Å². The van der Waals surface area contributed by atoms with Crippen LogP contribution in [-0.4, -0.2) is 12.9 Å². The molecule has 2 heteroatoms. The van der Waals surface area contributed by atoms with Crippen LogP contribution in [0.2, 0.25) is 0 Å². The Hall–Kier alpha value is -2.09. The molecule has 2 nitrogen and oxygen atoms in total. The Morgan fingerprint density at radius 2 is 1.65 bits per heavy atom. The van der Waals surface area contributed by atoms with Crippen molar-refractivity contribution in [2.24, 2.45) is 0 Å². The normalized spacial score (nSPS) is 11.2. The van der Waals surface area contributed by atoms with Crippen LogP contribution < -0.4 is 4.74 Å². The van der Waals surface area contributed by atoms with E-state index in [2.05, 4.69) is 20.8 Å². The summed E-state index contributed by atoms with van der Waals surface area (Å²) in [5, 5.41) is 0. The van der Waals surface area contributed by atoms with E-state index in [0.29, 0.717) is 5.56 Å². The third-order valence-corrected chi connectivity index (χ3v) is 3.32. The van der Waals surface area contributed by atoms with Gasteiger partial charge >= 0.3 is 0 Å². The second kappa shape index (κ2) is 5.49. The summed E-state index contributed by atoms with van der Waals surface area (Å²) in [5.74, 6) is 0.831. The van der Waals surface area contributed by atoms with E-state index in [1.807, 2.05) is 48.5 Å². The topological polar surface area (TPSA) is 26.3 Å². The largest absolute Gasteiger partial charge is 0.497 e. The molecule has 0 saturated carbocycles. The fraction of sp³-hybridized carbons (Fsp3) is 0.278. The average Bonchev–Trinajstić information content (AvgIpc) is 2.46. The first-order valence-electron chi connectivity index (χ1n) is 6.72. The lowest BCUT2D eigenvalue weighted by Gasteiger charge is -2.23. The van der Waals surface area contributed by atoms with Crippen molar-refractivity contribution in [1.29, 1.82) is 0 Å². The minimum Gasteiger partial charge on any atom is -0.497 e. The van der Waals surface area contributed by atoms with Crippen molar-refractivity contribution in [3.8, 4) is 5.75 Å². The van der Waals surface area contributed by atoms with E-state index < -0.39 is 0 Å². The fourth-order valence-electron chi connectivity index (χ4n) is 2.21. The van der Waals surface area contributed by atoms with Gasteiger partial charge in [-0.25, -0.2) is 0 Å². The number of carbonyl (C=O) groups is 1. The van der Waals surface area contributed by atoms with Gasteiger partial charge in [0.25, 0.3) is 0 Å². The summed E-state index contributed by atoms with van der Waals surface area (Å²) >= 11 is 0. The number of hydrogen-bond acceptors (Lipinski definition) is 2. The Kier molecular flexibility index (Phi) is 3.93. The zero-order chi connectivity index (χ0) is 14.8. The highest BCUT2D eigenvalue weighted by Crippen LogP contribution is 2.30. The highest BCUT2D eigenvalue weighted by molar-refractivity contribution is 6.10. The van der Waals surface area contributed by atoms with Crippen LogP contribution in [0, 0.1) is 0 Å². The van der Waals surface area contributed by atoms with Crippen molar-refractivity contribution in [3.63, 3.8) is 0 Å². The number of benzene rings is 2. The first-order chi connectivity index (χ1) is 9.43. The van der Waals surface area contributed by atoms with E-state index in [-0.39, 0.29) is 11.2 Å². The van der Waals surface area contributed by atoms with Crippen molar-refractivity contribution >= 4 is 5.78 Å². The molecule has 0 unspecified atom stereocenters. The van der Waals surface area contributed by atoms with Gasteiger partial charge < -0.3 is 4.74 Å². The zero-order valence-electron chi connectivity index (χ0n) is 12.4. The van der Waals surface area contributed by atoms with Crippen LogP contribution in [0.3, 0.4) is 0 Å². The van der Waals surface area contributed by atoms with Crippen molar-refractivity contribution < 1.29 is 9.53 Å². The Bertz CT molecular complexity index is 607. The van der Waals surface area contributed by atoms with E-state index in [4.69, 9.17) is 4.74 Å². The Morgan fingerprint density at radius 3 is 2.20 bits per heavy atom. The van der Waals surface area contributed by atoms with Gasteiger partial charge in [0.05, 0.1) is 7.11 Å². The molecule has 0 aliphatic rings. The van der Waals surface area contributed by atoms with E-state index in [1.54, 1.807) is 7.11 Å². The summed E-state index contributed by atoms with van der Waals surface area (Å²) in [7, 11) is 1.64. The van der Waals surface area contributed by atoms with Gasteiger partial charge in [-0.15, -0.1) is 0 Å². The molecular weight excluding hydrogens is 248 g/mol. The summed E-state index contributed by atoms with van der Waals surface area (Å²) in [6, 6.07) is 15.0. The van der Waals surface area contributed by atoms with Crippen molar-refractivity contribution in [2.45, 2.75) is 26.2 Å². The lowest BCUT2D eigenvalue weighted by molar-refractivity contribution is 0.103. The Morgan fingerprint density at radius 1 is 1.00 bits per heavy atom. The third kappa shape index (κ3) is 2.90. The highest BCUT2D eigenvalue weighted by Gasteiger charge is 2.23. The summed E-state index contributed by atoms with van der Waals surface area (Å²) in [6.45, 7) is 6.30. The first kappa shape index (κ1) is 14.3. The summed E-state index contributed by atoms with van der Waals surface area (Å²) in [5.41, 5.74) is 2.34. The number of ether oxygens (including phenoxy) is 1. The molecule has 2 aromatic carbocycles. The molecule has 0 aliphatic heterocycles. The lowest BCUT2D eigenvalue weighted by Crippen LogP contribution is -2.17. The number of ketones is 1. The van der Waals surface area contributed by atoms with Gasteiger partial charge in [-0.05, 0) is 29.2 Å². The van der Waals surface area contributed by atoms with Crippen LogP contribution in [0.5, 0.6) is 5.75 Å². The summed E-state index contributed by atoms with van der Waals surface area (Å²) in [6.07, 6.45) is 0. The van der Waals surface area contributed by atoms with Crippen LogP contribution in [0.4, 0.5) is 0 Å². The minimum atomic E-state index is -0.117. The average molecular weight is 268 g/mol. The van der Waals surface area contributed by atoms with Gasteiger partial charge in [0.15, 0.2) is 5.78 Å². The van der Waals surface area contributed by atoms with Gasteiger partial charge in [0.2, 0.25) is 0 Å². The Balaban J connectivity index is 2.54. The number of rotatable bonds is 3. The van der Waals surface area contributed by atoms with E-state index in [0.717, 1.165) is 16.9 Å². The SMILES string of the molecule is COc1ccc(C(=O)c2ccccc2)c(C(C)(C)C)c1. The fourth-order valence-corrected chi connectivity index (χ4v) is 2.21. The zero-order valence-corrected chi connectivity index (χ0v) is 12.4. The van der Waals surface area contributed by atoms with E-state index >= 15 is 0 Å². The maximum Gasteiger partial charge on any atom is 0.193 e. The van der Waals surface area contributed by atoms with E-state index in [1.165, 1.54) is 0 Å². The molecule has 104 valence electrons. The maximum atomic E-state index is 12.7. The second-order valence-electron chi connectivity index (χ2n) is 5.86. The third-order valence-electron chi connectivity index (χ3n) is 3.32. The predicted molar refractivity (Wildman–Crippen MR) is 81.6 cm³/mol. The van der Waals surface area contributed by atoms with Crippen molar-refractivity contribution in [2.75, 3.05) is 7.11 Å². The van der Waals surface area contributed by atoms with Crippen LogP contribution in [0.15, 0.2) is 48.5 Å². The molecular formula is C18H20O2. The van der Waals surface area contributed by atoms with Crippen LogP contribution in [0.25, 0.3) is 0 Å².